The summed E-state index contributed by atoms with van der Waals surface area (Å²) in [6.07, 6.45) is -3.47. The number of aromatic nitrogens is 3. The Labute approximate surface area is 204 Å². The number of aliphatic hydroxyl groups is 2. The highest BCUT2D eigenvalue weighted by molar-refractivity contribution is 7.52. The molecule has 2 unspecified atom stereocenters. The number of carboxylic acid groups (broad SMARTS) is 1. The molecular weight excluding hydrogens is 495 g/mol. The van der Waals surface area contributed by atoms with Gasteiger partial charge in [0.05, 0.1) is 5.69 Å². The standard InChI is InChI=1S/C21H23N6O8P/c1-12(20(30)31)26-36(32,35-13-5-3-2-4-6-13)33-10-21(9-22)18(29)16(28)17(34-21)14-7-8-15-19(23)24-11-25-27(14)15/h2-8,11-12,16-18,28-29H,10H2,1H3,(H,26,32)(H,30,31)(H2,23,24,25)/t12?,16-,17-,18-,21+,36?/m0/s1. The van der Waals surface area contributed by atoms with Crippen LogP contribution in [-0.4, -0.2) is 66.3 Å². The molecule has 3 heterocycles. The van der Waals surface area contributed by atoms with E-state index < -0.39 is 50.3 Å². The average molecular weight is 518 g/mol. The van der Waals surface area contributed by atoms with Crippen LogP contribution in [0, 0.1) is 11.3 Å². The van der Waals surface area contributed by atoms with Crippen LogP contribution in [0.2, 0.25) is 0 Å². The number of hydrogen-bond acceptors (Lipinski definition) is 11. The van der Waals surface area contributed by atoms with E-state index in [1.807, 2.05) is 0 Å². The van der Waals surface area contributed by atoms with Gasteiger partial charge in [-0.15, -0.1) is 0 Å². The molecule has 6 N–H and O–H groups in total. The fourth-order valence-corrected chi connectivity index (χ4v) is 5.18. The molecule has 2 aromatic heterocycles. The van der Waals surface area contributed by atoms with Crippen molar-refractivity contribution in [1.82, 2.24) is 19.7 Å². The maximum atomic E-state index is 13.5. The van der Waals surface area contributed by atoms with Crippen LogP contribution in [0.5, 0.6) is 5.75 Å². The molecule has 4 rings (SSSR count). The number of nitrogens with one attached hydrogen (secondary N) is 1. The van der Waals surface area contributed by atoms with Gasteiger partial charge in [0, 0.05) is 0 Å². The summed E-state index contributed by atoms with van der Waals surface area (Å²) in [7, 11) is -4.43. The fourth-order valence-electron chi connectivity index (χ4n) is 3.66. The largest absolute Gasteiger partial charge is 0.480 e. The number of anilines is 1. The van der Waals surface area contributed by atoms with Crippen molar-refractivity contribution < 1.29 is 38.5 Å². The van der Waals surface area contributed by atoms with Gasteiger partial charge in [-0.2, -0.15) is 15.4 Å². The lowest BCUT2D eigenvalue weighted by molar-refractivity contribution is -0.138. The number of aliphatic hydroxyl groups excluding tert-OH is 2. The van der Waals surface area contributed by atoms with Crippen molar-refractivity contribution in [1.29, 1.82) is 5.26 Å². The molecule has 1 aromatic carbocycles. The molecule has 190 valence electrons. The number of nitriles is 1. The van der Waals surface area contributed by atoms with E-state index in [1.165, 1.54) is 36.0 Å². The fraction of sp³-hybridized carbons (Fsp3) is 0.333. The van der Waals surface area contributed by atoms with Crippen LogP contribution >= 0.6 is 7.75 Å². The summed E-state index contributed by atoms with van der Waals surface area (Å²) in [4.78, 5) is 15.2. The highest BCUT2D eigenvalue weighted by atomic mass is 31.2. The number of ether oxygens (including phenoxy) is 1. The molecule has 0 aliphatic carbocycles. The second kappa shape index (κ2) is 9.82. The number of carbonyl (C=O) groups is 1. The van der Waals surface area contributed by atoms with Gasteiger partial charge in [0.25, 0.3) is 0 Å². The van der Waals surface area contributed by atoms with Gasteiger partial charge in [-0.05, 0) is 31.2 Å². The maximum absolute atomic E-state index is 13.5. The van der Waals surface area contributed by atoms with E-state index in [4.69, 9.17) is 19.5 Å². The zero-order chi connectivity index (χ0) is 26.1. The van der Waals surface area contributed by atoms with Gasteiger partial charge in [-0.1, -0.05) is 18.2 Å². The predicted molar refractivity (Wildman–Crippen MR) is 122 cm³/mol. The minimum Gasteiger partial charge on any atom is -0.480 e. The van der Waals surface area contributed by atoms with Crippen LogP contribution in [0.1, 0.15) is 18.7 Å². The van der Waals surface area contributed by atoms with Crippen LogP contribution in [0.15, 0.2) is 48.8 Å². The Hall–Kier alpha value is -3.57. The number of nitrogens with zero attached hydrogens (tertiary/aromatic N) is 4. The molecule has 0 radical (unpaired) electrons. The summed E-state index contributed by atoms with van der Waals surface area (Å²) in [5.74, 6) is -1.07. The Morgan fingerprint density at radius 1 is 1.36 bits per heavy atom. The molecule has 0 amide bonds. The minimum atomic E-state index is -4.43. The summed E-state index contributed by atoms with van der Waals surface area (Å²) in [6, 6.07) is 11.3. The third-order valence-electron chi connectivity index (χ3n) is 5.58. The van der Waals surface area contributed by atoms with Gasteiger partial charge in [0.1, 0.15) is 54.6 Å². The maximum Gasteiger partial charge on any atom is 0.459 e. The highest BCUT2D eigenvalue weighted by Gasteiger charge is 2.57. The first-order chi connectivity index (χ1) is 17.1. The van der Waals surface area contributed by atoms with Crippen LogP contribution in [0.4, 0.5) is 5.82 Å². The van der Waals surface area contributed by atoms with Gasteiger partial charge >= 0.3 is 13.7 Å². The first-order valence-electron chi connectivity index (χ1n) is 10.6. The van der Waals surface area contributed by atoms with E-state index >= 15 is 0 Å². The third kappa shape index (κ3) is 4.76. The number of hydrogen-bond donors (Lipinski definition) is 5. The number of nitrogens with two attached hydrogens (primary N) is 1. The molecule has 36 heavy (non-hydrogen) atoms. The van der Waals surface area contributed by atoms with Gasteiger partial charge in [-0.3, -0.25) is 9.32 Å². The Morgan fingerprint density at radius 3 is 2.75 bits per heavy atom. The number of aliphatic carboxylic acids is 1. The topological polar surface area (TPSA) is 215 Å². The van der Waals surface area contributed by atoms with Crippen molar-refractivity contribution in [3.8, 4) is 11.8 Å². The lowest BCUT2D eigenvalue weighted by atomic mass is 9.96. The molecule has 6 atom stereocenters. The highest BCUT2D eigenvalue weighted by Crippen LogP contribution is 2.48. The smallest absolute Gasteiger partial charge is 0.459 e. The van der Waals surface area contributed by atoms with E-state index in [2.05, 4.69) is 15.2 Å². The number of nitrogen functional groups attached to an aromatic ring is 1. The Balaban J connectivity index is 1.61. The number of benzene rings is 1. The number of carboxylic acids is 1. The van der Waals surface area contributed by atoms with Gasteiger partial charge in [0.2, 0.25) is 5.60 Å². The third-order valence-corrected chi connectivity index (χ3v) is 7.20. The minimum absolute atomic E-state index is 0.0969. The molecule has 14 nitrogen and oxygen atoms in total. The molecule has 0 spiro atoms. The van der Waals surface area contributed by atoms with E-state index in [0.717, 1.165) is 0 Å². The van der Waals surface area contributed by atoms with Gasteiger partial charge in [0.15, 0.2) is 5.82 Å². The first kappa shape index (κ1) is 25.5. The Bertz CT molecular complexity index is 1350. The summed E-state index contributed by atoms with van der Waals surface area (Å²) in [5.41, 5.74) is 4.32. The van der Waals surface area contributed by atoms with Crippen LogP contribution < -0.4 is 15.3 Å². The molecule has 1 fully saturated rings. The van der Waals surface area contributed by atoms with Crippen molar-refractivity contribution in [2.75, 3.05) is 12.3 Å². The lowest BCUT2D eigenvalue weighted by Crippen LogP contribution is -2.46. The summed E-state index contributed by atoms with van der Waals surface area (Å²) < 4.78 is 31.4. The number of fused-ring (bicyclic) bond motifs is 1. The van der Waals surface area contributed by atoms with Crippen LogP contribution in [-0.2, 0) is 18.6 Å². The average Bonchev–Trinajstić information content (AvgIpc) is 3.39. The van der Waals surface area contributed by atoms with Crippen molar-refractivity contribution in [2.24, 2.45) is 0 Å². The quantitative estimate of drug-likeness (QED) is 0.246. The van der Waals surface area contributed by atoms with Gasteiger partial charge in [-0.25, -0.2) is 14.1 Å². The van der Waals surface area contributed by atoms with E-state index in [1.54, 1.807) is 30.3 Å². The van der Waals surface area contributed by atoms with E-state index in [-0.39, 0.29) is 17.3 Å². The first-order valence-corrected chi connectivity index (χ1v) is 12.2. The van der Waals surface area contributed by atoms with Crippen molar-refractivity contribution >= 4 is 25.1 Å². The molecule has 15 heteroatoms. The molecule has 1 aliphatic heterocycles. The monoisotopic (exact) mass is 518 g/mol. The predicted octanol–water partition coefficient (Wildman–Crippen LogP) is 0.633. The number of rotatable bonds is 9. The molecule has 1 saturated heterocycles. The van der Waals surface area contributed by atoms with E-state index in [0.29, 0.717) is 5.52 Å². The van der Waals surface area contributed by atoms with Gasteiger partial charge < -0.3 is 30.3 Å². The zero-order valence-electron chi connectivity index (χ0n) is 18.8. The van der Waals surface area contributed by atoms with Crippen molar-refractivity contribution in [2.45, 2.75) is 36.9 Å². The second-order valence-corrected chi connectivity index (χ2v) is 9.73. The van der Waals surface area contributed by atoms with Crippen molar-refractivity contribution in [3.63, 3.8) is 0 Å². The van der Waals surface area contributed by atoms with E-state index in [9.17, 15) is 29.9 Å². The SMILES string of the molecule is CC(NP(=O)(OC[C@@]1(C#N)O[C@@H](c2ccc3c(N)ncnn23)[C@H](O)[C@@H]1O)Oc1ccccc1)C(=O)O. The summed E-state index contributed by atoms with van der Waals surface area (Å²) in [5, 5.41) is 47.0. The molecule has 0 saturated carbocycles. The number of para-hydroxylation sites is 1. The van der Waals surface area contributed by atoms with Crippen molar-refractivity contribution in [3.05, 3.63) is 54.5 Å². The Kier molecular flexibility index (Phi) is 6.96. The second-order valence-electron chi connectivity index (χ2n) is 8.04. The molecule has 0 bridgehead atoms. The molecule has 1 aliphatic rings. The molecular formula is C21H23N6O8P. The lowest BCUT2D eigenvalue weighted by Gasteiger charge is -2.28. The molecule has 3 aromatic rings. The summed E-state index contributed by atoms with van der Waals surface area (Å²) in [6.45, 7) is 0.376. The zero-order valence-corrected chi connectivity index (χ0v) is 19.7. The van der Waals surface area contributed by atoms with Crippen LogP contribution in [0.25, 0.3) is 5.52 Å². The normalized spacial score (nSPS) is 26.2. The Morgan fingerprint density at radius 2 is 2.08 bits per heavy atom. The van der Waals surface area contributed by atoms with Crippen LogP contribution in [0.3, 0.4) is 0 Å². The summed E-state index contributed by atoms with van der Waals surface area (Å²) >= 11 is 0.